The number of carboxylic acid groups (broad SMARTS) is 1. The van der Waals surface area contributed by atoms with Crippen LogP contribution in [0.1, 0.15) is 108 Å². The van der Waals surface area contributed by atoms with Crippen molar-refractivity contribution in [3.05, 3.63) is 111 Å². The van der Waals surface area contributed by atoms with Gasteiger partial charge in [0.25, 0.3) is 5.56 Å². The number of aromatic carboxylic acids is 1. The summed E-state index contributed by atoms with van der Waals surface area (Å²) in [5.41, 5.74) is 6.40. The Morgan fingerprint density at radius 2 is 1.42 bits per heavy atom. The molecule has 5 aromatic rings. The van der Waals surface area contributed by atoms with E-state index in [1.807, 2.05) is 0 Å². The van der Waals surface area contributed by atoms with E-state index in [1.54, 1.807) is 27.0 Å². The van der Waals surface area contributed by atoms with Gasteiger partial charge in [-0.15, -0.1) is 5.10 Å². The predicted molar refractivity (Wildman–Crippen MR) is 227 cm³/mol. The lowest BCUT2D eigenvalue weighted by molar-refractivity contribution is 0.0685. The minimum Gasteiger partial charge on any atom is -0.476 e. The largest absolute Gasteiger partial charge is 0.476 e. The number of amidine groups is 1. The molecule has 310 valence electrons. The number of carbonyl (C=O) groups is 1. The van der Waals surface area contributed by atoms with Crippen LogP contribution in [0.5, 0.6) is 0 Å². The number of ether oxygens (including phenoxy) is 2. The molecule has 2 aromatic carbocycles. The second kappa shape index (κ2) is 16.5. The number of fused-ring (bicyclic) bond motifs is 6. The third-order valence-corrected chi connectivity index (χ3v) is 13.7. The molecule has 7 heterocycles. The number of benzene rings is 2. The molecule has 2 fully saturated rings. The minimum atomic E-state index is -1.05. The highest BCUT2D eigenvalue weighted by atomic mass is 32.2. The second-order valence-corrected chi connectivity index (χ2v) is 17.1. The van der Waals surface area contributed by atoms with E-state index in [0.29, 0.717) is 37.0 Å². The minimum absolute atomic E-state index is 0.00978. The van der Waals surface area contributed by atoms with E-state index in [1.165, 1.54) is 46.0 Å². The number of aryl methyl sites for hydroxylation is 2. The van der Waals surface area contributed by atoms with Gasteiger partial charge in [0.05, 0.1) is 23.5 Å². The molecule has 5 N–H and O–H groups in total. The molecule has 0 amide bonds. The zero-order chi connectivity index (χ0) is 40.6. The van der Waals surface area contributed by atoms with Crippen LogP contribution in [0.2, 0.25) is 0 Å². The molecule has 4 aliphatic heterocycles. The van der Waals surface area contributed by atoms with Crippen molar-refractivity contribution >= 4 is 34.4 Å². The first-order valence-electron chi connectivity index (χ1n) is 20.8. The van der Waals surface area contributed by atoms with Crippen molar-refractivity contribution < 1.29 is 19.4 Å². The number of nitrogens with two attached hydrogens (primary N) is 1. The number of anilines is 1. The molecule has 2 spiro atoms. The lowest BCUT2D eigenvalue weighted by Crippen LogP contribution is -2.46. The predicted octanol–water partition coefficient (Wildman–Crippen LogP) is 5.17. The van der Waals surface area contributed by atoms with Crippen LogP contribution < -0.4 is 22.0 Å². The van der Waals surface area contributed by atoms with Gasteiger partial charge in [0.15, 0.2) is 16.4 Å². The number of thioether (sulfide) groups is 1. The van der Waals surface area contributed by atoms with Gasteiger partial charge >= 0.3 is 5.97 Å². The van der Waals surface area contributed by atoms with Crippen molar-refractivity contribution in [2.45, 2.75) is 93.7 Å². The molecule has 2 atom stereocenters. The number of hydrogen-bond donors (Lipinski definition) is 4. The first-order valence-corrected chi connectivity index (χ1v) is 22.0. The topological polar surface area (TPSA) is 188 Å². The van der Waals surface area contributed by atoms with Gasteiger partial charge in [-0.05, 0) is 92.7 Å². The van der Waals surface area contributed by atoms with Crippen molar-refractivity contribution in [2.75, 3.05) is 50.4 Å². The average molecular weight is 821 g/mol. The van der Waals surface area contributed by atoms with Crippen molar-refractivity contribution in [1.82, 2.24) is 34.1 Å². The number of imidazole rings is 2. The van der Waals surface area contributed by atoms with E-state index < -0.39 is 5.97 Å². The van der Waals surface area contributed by atoms with Gasteiger partial charge in [0, 0.05) is 51.4 Å². The summed E-state index contributed by atoms with van der Waals surface area (Å²) < 4.78 is 15.4. The number of aromatic nitrogens is 6. The fraction of sp³-hybridized carbons (Fsp3) is 0.488. The highest BCUT2D eigenvalue weighted by molar-refractivity contribution is 8.13. The molecule has 2 aliphatic carbocycles. The summed E-state index contributed by atoms with van der Waals surface area (Å²) >= 11 is 1.72. The van der Waals surface area contributed by atoms with Crippen LogP contribution in [-0.4, -0.2) is 84.3 Å². The first kappa shape index (κ1) is 39.3. The van der Waals surface area contributed by atoms with Gasteiger partial charge in [-0.2, -0.15) is 0 Å². The quantitative estimate of drug-likeness (QED) is 0.175. The Bertz CT molecular complexity index is 2430. The Kier molecular flexibility index (Phi) is 11.0. The highest BCUT2D eigenvalue weighted by Crippen LogP contribution is 2.44. The zero-order valence-corrected chi connectivity index (χ0v) is 34.3. The third kappa shape index (κ3) is 7.39. The summed E-state index contributed by atoms with van der Waals surface area (Å²) in [6.45, 7) is 4.47. The highest BCUT2D eigenvalue weighted by Gasteiger charge is 2.43. The summed E-state index contributed by atoms with van der Waals surface area (Å²) in [5.74, 6) is 7.28. The monoisotopic (exact) mass is 820 g/mol. The summed E-state index contributed by atoms with van der Waals surface area (Å²) in [6, 6.07) is 17.5. The number of nitrogens with zero attached hydrogens (tertiary/aromatic N) is 7. The average Bonchev–Trinajstić information content (AvgIpc) is 4.06. The molecule has 6 aliphatic rings. The van der Waals surface area contributed by atoms with Crippen LogP contribution in [0.15, 0.2) is 70.7 Å². The Morgan fingerprint density at radius 3 is 2.03 bits per heavy atom. The van der Waals surface area contributed by atoms with E-state index in [4.69, 9.17) is 25.5 Å². The van der Waals surface area contributed by atoms with Gasteiger partial charge in [-0.1, -0.05) is 60.3 Å². The molecule has 15 nitrogen and oxygen atoms in total. The summed E-state index contributed by atoms with van der Waals surface area (Å²) in [4.78, 5) is 37.0. The molecule has 2 saturated heterocycles. The van der Waals surface area contributed by atoms with Crippen molar-refractivity contribution in [3.8, 4) is 0 Å². The van der Waals surface area contributed by atoms with Gasteiger partial charge in [0.2, 0.25) is 5.95 Å². The Labute approximate surface area is 346 Å². The molecule has 59 heavy (non-hydrogen) atoms. The maximum absolute atomic E-state index is 13.1. The first-order chi connectivity index (χ1) is 28.8. The molecule has 0 bridgehead atoms. The molecular formula is C43H52N10O5S. The number of nitrogen functional groups attached to an aromatic ring is 1. The fourth-order valence-corrected chi connectivity index (χ4v) is 10.3. The van der Waals surface area contributed by atoms with Crippen LogP contribution in [0.3, 0.4) is 0 Å². The van der Waals surface area contributed by atoms with Gasteiger partial charge < -0.3 is 31.1 Å². The fourth-order valence-electron chi connectivity index (χ4n) is 9.82. The number of carboxylic acids is 1. The van der Waals surface area contributed by atoms with E-state index in [0.717, 1.165) is 82.1 Å². The second-order valence-electron chi connectivity index (χ2n) is 16.3. The maximum Gasteiger partial charge on any atom is 0.356 e. The number of nitrogens with one attached hydrogen (secondary N) is 2. The van der Waals surface area contributed by atoms with Crippen LogP contribution in [-0.2, 0) is 39.9 Å². The van der Waals surface area contributed by atoms with E-state index >= 15 is 0 Å². The summed E-state index contributed by atoms with van der Waals surface area (Å²) in [7, 11) is 0. The maximum atomic E-state index is 13.1. The molecule has 0 saturated carbocycles. The van der Waals surface area contributed by atoms with Gasteiger partial charge in [-0.3, -0.25) is 14.4 Å². The van der Waals surface area contributed by atoms with Crippen molar-refractivity contribution in [2.24, 2.45) is 4.99 Å². The van der Waals surface area contributed by atoms with Crippen LogP contribution in [0.4, 0.5) is 5.95 Å². The Hall–Kier alpha value is -5.19. The Balaban J connectivity index is 0.000000124. The van der Waals surface area contributed by atoms with Crippen molar-refractivity contribution in [1.29, 1.82) is 0 Å². The standard InChI is InChI=1S/C21H23N5O2.C13H16N2S.C9H13N3O3/c27-19-17-13-22-18(15-6-11-28-12-7-15)26(17)24-20-23-21(9-10-25(19)20)8-5-14-3-1-2-4-16(14)21;1-16-12-14-9-8-13(15-12)7-6-10-4-2-3-5-11(10)13;10-12-7(9(13)14)5-11-8(12)6-1-3-15-4-2-6/h1-4,13,15H,5-12H2,(H,23,24);2-5H,6-9H2,1H3,(H,14,15);5-6H,1-4,10H2,(H,13,14). The summed E-state index contributed by atoms with van der Waals surface area (Å²) in [6.07, 6.45) is 15.1. The van der Waals surface area contributed by atoms with Crippen LogP contribution >= 0.6 is 11.8 Å². The molecule has 0 radical (unpaired) electrons. The normalized spacial score (nSPS) is 23.5. The molecule has 11 rings (SSSR count). The van der Waals surface area contributed by atoms with Crippen molar-refractivity contribution in [3.63, 3.8) is 0 Å². The summed E-state index contributed by atoms with van der Waals surface area (Å²) in [5, 5.41) is 22.1. The molecule has 2 unspecified atom stereocenters. The number of rotatable bonds is 3. The van der Waals surface area contributed by atoms with Crippen LogP contribution in [0, 0.1) is 0 Å². The Morgan fingerprint density at radius 1 is 0.831 bits per heavy atom. The van der Waals surface area contributed by atoms with Gasteiger partial charge in [0.1, 0.15) is 11.6 Å². The van der Waals surface area contributed by atoms with Crippen LogP contribution in [0.25, 0.3) is 5.52 Å². The molecule has 3 aromatic heterocycles. The molecular weight excluding hydrogens is 769 g/mol. The number of hydrogen-bond acceptors (Lipinski definition) is 12. The SMILES string of the molecule is CSC1=NCCC2(CCc3ccccc32)N1.Nn1c(C(=O)O)cnc1C1CCOCC1.O=c1c2cnc(C3CCOCC3)n2nc2n1CCC1(CCc3ccccc31)N2. The van der Waals surface area contributed by atoms with Gasteiger partial charge in [-0.25, -0.2) is 24.0 Å². The van der Waals surface area contributed by atoms with E-state index in [9.17, 15) is 9.59 Å². The smallest absolute Gasteiger partial charge is 0.356 e. The van der Waals surface area contributed by atoms with E-state index in [2.05, 4.69) is 80.4 Å². The number of aliphatic imine (C=N–C) groups is 1. The molecule has 16 heteroatoms. The zero-order valence-electron chi connectivity index (χ0n) is 33.4. The van der Waals surface area contributed by atoms with E-state index in [-0.39, 0.29) is 34.2 Å². The lowest BCUT2D eigenvalue weighted by atomic mass is 9.87. The third-order valence-electron chi connectivity index (χ3n) is 13.1. The lowest BCUT2D eigenvalue weighted by Gasteiger charge is -2.37.